The summed E-state index contributed by atoms with van der Waals surface area (Å²) in [5.41, 5.74) is -3.93. The number of hydrogen-bond acceptors (Lipinski definition) is 6. The number of sulfone groups is 1. The first-order valence-electron chi connectivity index (χ1n) is 15.0. The minimum atomic E-state index is -5.10. The van der Waals surface area contributed by atoms with Crippen molar-refractivity contribution in [2.45, 2.75) is 56.8 Å². The molecule has 2 aliphatic heterocycles. The average Bonchev–Trinajstić information content (AvgIpc) is 3.30. The van der Waals surface area contributed by atoms with Crippen molar-refractivity contribution in [3.63, 3.8) is 0 Å². The van der Waals surface area contributed by atoms with Crippen molar-refractivity contribution >= 4 is 27.2 Å². The number of anilines is 2. The maximum atomic E-state index is 14.1. The molecule has 0 saturated carbocycles. The molecular formula is C33H34F7N3O4S. The Kier molecular flexibility index (Phi) is 8.90. The normalized spacial score (nSPS) is 21.5. The Morgan fingerprint density at radius 3 is 2.10 bits per heavy atom. The summed E-state index contributed by atoms with van der Waals surface area (Å²) in [5.74, 6) is -1.41. The highest BCUT2D eigenvalue weighted by Gasteiger charge is 2.55. The maximum absolute atomic E-state index is 14.1. The van der Waals surface area contributed by atoms with Crippen LogP contribution < -0.4 is 9.80 Å². The van der Waals surface area contributed by atoms with Gasteiger partial charge in [-0.15, -0.1) is 0 Å². The summed E-state index contributed by atoms with van der Waals surface area (Å²) in [7, 11) is -2.16. The van der Waals surface area contributed by atoms with Crippen LogP contribution in [0, 0.1) is 18.7 Å². The van der Waals surface area contributed by atoms with E-state index in [0.29, 0.717) is 34.6 Å². The zero-order valence-electron chi connectivity index (χ0n) is 26.8. The molecule has 260 valence electrons. The fourth-order valence-corrected chi connectivity index (χ4v) is 8.56. The number of piperidine rings is 1. The van der Waals surface area contributed by atoms with Crippen LogP contribution in [0.4, 0.5) is 42.2 Å². The lowest BCUT2D eigenvalue weighted by atomic mass is 9.81. The monoisotopic (exact) mass is 701 g/mol. The van der Waals surface area contributed by atoms with Gasteiger partial charge in [0.05, 0.1) is 40.8 Å². The van der Waals surface area contributed by atoms with Gasteiger partial charge in [0.1, 0.15) is 11.6 Å². The van der Waals surface area contributed by atoms with E-state index in [2.05, 4.69) is 4.98 Å². The third-order valence-electron chi connectivity index (χ3n) is 9.38. The number of benzene rings is 2. The quantitative estimate of drug-likeness (QED) is 0.263. The number of nitrogens with zero attached hydrogens (tertiary/aromatic N) is 3. The van der Waals surface area contributed by atoms with Crippen molar-refractivity contribution < 1.29 is 48.7 Å². The first kappa shape index (κ1) is 35.6. The number of carbonyl (C=O) groups is 1. The van der Waals surface area contributed by atoms with E-state index < -0.39 is 66.9 Å². The van der Waals surface area contributed by atoms with Crippen LogP contribution in [-0.4, -0.2) is 56.7 Å². The highest BCUT2D eigenvalue weighted by Crippen LogP contribution is 2.44. The van der Waals surface area contributed by atoms with Crippen molar-refractivity contribution in [1.82, 2.24) is 4.98 Å². The molecule has 1 spiro atoms. The van der Waals surface area contributed by atoms with Crippen molar-refractivity contribution in [3.8, 4) is 11.1 Å². The molecule has 3 aromatic rings. The minimum Gasteiger partial charge on any atom is -0.358 e. The smallest absolute Gasteiger partial charge is 0.358 e. The Hall–Kier alpha value is -3.72. The van der Waals surface area contributed by atoms with Gasteiger partial charge in [0.2, 0.25) is 5.91 Å². The first-order valence-corrected chi connectivity index (χ1v) is 16.7. The van der Waals surface area contributed by atoms with Crippen molar-refractivity contribution in [3.05, 3.63) is 76.7 Å². The minimum absolute atomic E-state index is 0.00335. The standard InChI is InChI=1S/C33H34F7N3O4S/c1-19-12-24(34)6-7-25(19)26-16-28(43-9-8-31(20(2)18-43)47-10-11-48(31,45)46)41-17-27(26)42(5)29(44)30(3,4)21-13-22(32(35,36)37)15-23(14-21)33(38,39)40/h6-7,12-17,20H,8-11,18H2,1-5H3/t20-,31?/m0/s1. The number of alkyl halides is 6. The van der Waals surface area contributed by atoms with Gasteiger partial charge in [-0.2, -0.15) is 26.3 Å². The SMILES string of the molecule is Cc1cc(F)ccc1-c1cc(N2CCC3(OCCS3(=O)=O)[C@@H](C)C2)ncc1N(C)C(=O)C(C)(C)c1cc(C(F)(F)F)cc(C(F)(F)F)c1. The molecule has 1 unspecified atom stereocenters. The van der Waals surface area contributed by atoms with Gasteiger partial charge in [-0.05, 0) is 73.9 Å². The Morgan fingerprint density at radius 2 is 1.58 bits per heavy atom. The second-order valence-corrected chi connectivity index (χ2v) is 15.2. The molecule has 0 aliphatic carbocycles. The number of aryl methyl sites for hydroxylation is 1. The molecule has 0 N–H and O–H groups in total. The summed E-state index contributed by atoms with van der Waals surface area (Å²) < 4.78 is 128. The highest BCUT2D eigenvalue weighted by atomic mass is 32.2. The first-order chi connectivity index (χ1) is 22.1. The summed E-state index contributed by atoms with van der Waals surface area (Å²) in [5, 5.41) is 0. The average molecular weight is 702 g/mol. The largest absolute Gasteiger partial charge is 0.416 e. The highest BCUT2D eigenvalue weighted by molar-refractivity contribution is 7.92. The Bertz CT molecular complexity index is 1830. The van der Waals surface area contributed by atoms with Crippen molar-refractivity contribution in [1.29, 1.82) is 0 Å². The number of likely N-dealkylation sites (N-methyl/N-ethyl adjacent to an activating group) is 1. The van der Waals surface area contributed by atoms with E-state index in [1.807, 2.05) is 4.90 Å². The van der Waals surface area contributed by atoms with Gasteiger partial charge in [-0.3, -0.25) is 4.79 Å². The van der Waals surface area contributed by atoms with Gasteiger partial charge in [0.15, 0.2) is 14.8 Å². The molecule has 1 aromatic heterocycles. The molecule has 48 heavy (non-hydrogen) atoms. The van der Waals surface area contributed by atoms with Crippen LogP contribution in [0.3, 0.4) is 0 Å². The number of halogens is 7. The van der Waals surface area contributed by atoms with E-state index in [-0.39, 0.29) is 43.6 Å². The molecule has 0 bridgehead atoms. The van der Waals surface area contributed by atoms with Crippen LogP contribution >= 0.6 is 0 Å². The summed E-state index contributed by atoms with van der Waals surface area (Å²) in [6.07, 6.45) is -8.66. The molecule has 5 rings (SSSR count). The number of hydrogen-bond donors (Lipinski definition) is 0. The topological polar surface area (TPSA) is 79.8 Å². The van der Waals surface area contributed by atoms with Crippen LogP contribution in [0.2, 0.25) is 0 Å². The van der Waals surface area contributed by atoms with Crippen LogP contribution in [0.1, 0.15) is 49.4 Å². The third-order valence-corrected chi connectivity index (χ3v) is 11.9. The Morgan fingerprint density at radius 1 is 0.979 bits per heavy atom. The van der Waals surface area contributed by atoms with E-state index in [4.69, 9.17) is 4.74 Å². The van der Waals surface area contributed by atoms with Gasteiger partial charge in [-0.1, -0.05) is 13.0 Å². The van der Waals surface area contributed by atoms with E-state index in [1.54, 1.807) is 19.9 Å². The summed E-state index contributed by atoms with van der Waals surface area (Å²) in [6, 6.07) is 6.70. The Balaban J connectivity index is 1.56. The molecule has 2 saturated heterocycles. The molecule has 3 heterocycles. The predicted molar refractivity (Wildman–Crippen MR) is 166 cm³/mol. The second-order valence-electron chi connectivity index (χ2n) is 12.9. The summed E-state index contributed by atoms with van der Waals surface area (Å²) >= 11 is 0. The van der Waals surface area contributed by atoms with Crippen molar-refractivity contribution in [2.75, 3.05) is 42.3 Å². The van der Waals surface area contributed by atoms with Crippen LogP contribution in [0.15, 0.2) is 48.7 Å². The summed E-state index contributed by atoms with van der Waals surface area (Å²) in [6.45, 7) is 6.54. The van der Waals surface area contributed by atoms with E-state index in [0.717, 1.165) is 4.90 Å². The van der Waals surface area contributed by atoms with E-state index in [1.165, 1.54) is 45.3 Å². The molecule has 15 heteroatoms. The molecule has 2 fully saturated rings. The number of amides is 1. The zero-order valence-corrected chi connectivity index (χ0v) is 27.6. The van der Waals surface area contributed by atoms with Gasteiger partial charge in [0.25, 0.3) is 0 Å². The van der Waals surface area contributed by atoms with Gasteiger partial charge >= 0.3 is 12.4 Å². The fourth-order valence-electron chi connectivity index (χ4n) is 6.56. The molecule has 2 atom stereocenters. The van der Waals surface area contributed by atoms with Crippen molar-refractivity contribution in [2.24, 2.45) is 5.92 Å². The number of carbonyl (C=O) groups excluding carboxylic acids is 1. The number of rotatable bonds is 5. The molecule has 2 aliphatic rings. The Labute approximate surface area is 273 Å². The van der Waals surface area contributed by atoms with Gasteiger partial charge in [-0.25, -0.2) is 17.8 Å². The molecule has 1 amide bonds. The van der Waals surface area contributed by atoms with Gasteiger partial charge in [0, 0.05) is 38.0 Å². The lowest BCUT2D eigenvalue weighted by molar-refractivity contribution is -0.143. The second kappa shape index (κ2) is 12.0. The van der Waals surface area contributed by atoms with Gasteiger partial charge < -0.3 is 14.5 Å². The third kappa shape index (κ3) is 6.26. The maximum Gasteiger partial charge on any atom is 0.416 e. The molecule has 0 radical (unpaired) electrons. The summed E-state index contributed by atoms with van der Waals surface area (Å²) in [4.78, 5) is 20.3. The van der Waals surface area contributed by atoms with E-state index >= 15 is 0 Å². The predicted octanol–water partition coefficient (Wildman–Crippen LogP) is 7.16. The number of pyridine rings is 1. The zero-order chi connectivity index (χ0) is 35.6. The van der Waals surface area contributed by atoms with Crippen LogP contribution in [0.5, 0.6) is 0 Å². The van der Waals surface area contributed by atoms with Crippen LogP contribution in [-0.2, 0) is 37.1 Å². The number of aromatic nitrogens is 1. The lowest BCUT2D eigenvalue weighted by Gasteiger charge is -2.43. The van der Waals surface area contributed by atoms with Crippen LogP contribution in [0.25, 0.3) is 11.1 Å². The molecule has 2 aromatic carbocycles. The fraction of sp³-hybridized carbons (Fsp3) is 0.455. The lowest BCUT2D eigenvalue weighted by Crippen LogP contribution is -2.54. The number of ether oxygens (including phenoxy) is 1. The molecule has 7 nitrogen and oxygen atoms in total. The van der Waals surface area contributed by atoms with E-state index in [9.17, 15) is 43.9 Å². The molecular weight excluding hydrogens is 667 g/mol.